The summed E-state index contributed by atoms with van der Waals surface area (Å²) in [6, 6.07) is 5.94. The lowest BCUT2D eigenvalue weighted by Gasteiger charge is -2.05. The highest BCUT2D eigenvalue weighted by Crippen LogP contribution is 2.25. The molecule has 0 saturated heterocycles. The fraction of sp³-hybridized carbons (Fsp3) is 0.231. The fourth-order valence-corrected chi connectivity index (χ4v) is 2.64. The first-order valence-corrected chi connectivity index (χ1v) is 6.70. The molecule has 0 aliphatic carbocycles. The minimum Gasteiger partial charge on any atom is -0.384 e. The predicted octanol–water partition coefficient (Wildman–Crippen LogP) is 2.67. The lowest BCUT2D eigenvalue weighted by Crippen LogP contribution is -2.12. The molecule has 2 N–H and O–H groups in total. The molecule has 1 amide bonds. The second kappa shape index (κ2) is 4.42. The average molecular weight is 259 g/mol. The molecular formula is C13H13N3OS. The maximum Gasteiger partial charge on any atom is 0.275 e. The van der Waals surface area contributed by atoms with Crippen molar-refractivity contribution >= 4 is 28.6 Å². The highest BCUT2D eigenvalue weighted by Gasteiger charge is 2.13. The highest BCUT2D eigenvalue weighted by molar-refractivity contribution is 7.09. The van der Waals surface area contributed by atoms with E-state index in [2.05, 4.69) is 15.6 Å². The van der Waals surface area contributed by atoms with Gasteiger partial charge in [0.25, 0.3) is 5.91 Å². The topological polar surface area (TPSA) is 54.0 Å². The van der Waals surface area contributed by atoms with Crippen LogP contribution in [0, 0.1) is 6.92 Å². The Morgan fingerprint density at radius 3 is 3.17 bits per heavy atom. The highest BCUT2D eigenvalue weighted by atomic mass is 32.1. The van der Waals surface area contributed by atoms with Gasteiger partial charge in [0, 0.05) is 23.3 Å². The van der Waals surface area contributed by atoms with Gasteiger partial charge in [-0.2, -0.15) is 0 Å². The van der Waals surface area contributed by atoms with Crippen LogP contribution in [0.2, 0.25) is 0 Å². The van der Waals surface area contributed by atoms with Crippen molar-refractivity contribution in [3.8, 4) is 0 Å². The molecule has 1 aromatic heterocycles. The third kappa shape index (κ3) is 2.09. The van der Waals surface area contributed by atoms with Crippen LogP contribution < -0.4 is 10.6 Å². The monoisotopic (exact) mass is 259 g/mol. The Hall–Kier alpha value is -1.88. The van der Waals surface area contributed by atoms with Gasteiger partial charge in [-0.25, -0.2) is 4.98 Å². The number of carbonyl (C=O) groups is 1. The van der Waals surface area contributed by atoms with E-state index in [0.29, 0.717) is 5.69 Å². The number of rotatable bonds is 2. The molecule has 0 radical (unpaired) electrons. The molecule has 0 spiro atoms. The summed E-state index contributed by atoms with van der Waals surface area (Å²) in [4.78, 5) is 16.1. The second-order valence-electron chi connectivity index (χ2n) is 4.25. The van der Waals surface area contributed by atoms with Crippen molar-refractivity contribution < 1.29 is 4.79 Å². The van der Waals surface area contributed by atoms with Gasteiger partial charge in [0.05, 0.1) is 5.01 Å². The number of hydrogen-bond donors (Lipinski definition) is 2. The first-order chi connectivity index (χ1) is 8.72. The first-order valence-electron chi connectivity index (χ1n) is 5.82. The molecule has 0 saturated carbocycles. The molecule has 18 heavy (non-hydrogen) atoms. The van der Waals surface area contributed by atoms with E-state index in [0.717, 1.165) is 29.3 Å². The van der Waals surface area contributed by atoms with Crippen molar-refractivity contribution in [1.29, 1.82) is 0 Å². The number of benzene rings is 1. The number of aryl methyl sites for hydroxylation is 1. The van der Waals surface area contributed by atoms with Crippen molar-refractivity contribution in [2.45, 2.75) is 13.3 Å². The number of anilines is 2. The summed E-state index contributed by atoms with van der Waals surface area (Å²) in [5.41, 5.74) is 3.73. The van der Waals surface area contributed by atoms with Gasteiger partial charge in [-0.3, -0.25) is 4.79 Å². The van der Waals surface area contributed by atoms with Crippen LogP contribution in [-0.4, -0.2) is 17.4 Å². The zero-order valence-corrected chi connectivity index (χ0v) is 10.8. The molecule has 0 unspecified atom stereocenters. The second-order valence-corrected chi connectivity index (χ2v) is 5.32. The summed E-state index contributed by atoms with van der Waals surface area (Å²) < 4.78 is 0. The van der Waals surface area contributed by atoms with Crippen molar-refractivity contribution in [3.63, 3.8) is 0 Å². The van der Waals surface area contributed by atoms with E-state index < -0.39 is 0 Å². The van der Waals surface area contributed by atoms with Gasteiger partial charge >= 0.3 is 0 Å². The van der Waals surface area contributed by atoms with Gasteiger partial charge in [-0.15, -0.1) is 11.3 Å². The number of fused-ring (bicyclic) bond motifs is 1. The zero-order chi connectivity index (χ0) is 12.5. The van der Waals surface area contributed by atoms with E-state index in [1.807, 2.05) is 25.1 Å². The Kier molecular flexibility index (Phi) is 2.76. The summed E-state index contributed by atoms with van der Waals surface area (Å²) in [7, 11) is 0. The molecule has 5 heteroatoms. The van der Waals surface area contributed by atoms with Crippen LogP contribution >= 0.6 is 11.3 Å². The fourth-order valence-electron chi connectivity index (χ4n) is 2.05. The summed E-state index contributed by atoms with van der Waals surface area (Å²) in [6.07, 6.45) is 1.01. The third-order valence-corrected chi connectivity index (χ3v) is 3.70. The number of thiazole rings is 1. The number of carbonyl (C=O) groups excluding carboxylic acids is 1. The van der Waals surface area contributed by atoms with E-state index in [-0.39, 0.29) is 5.91 Å². The molecule has 1 aromatic carbocycles. The molecule has 2 heterocycles. The van der Waals surface area contributed by atoms with Crippen molar-refractivity contribution in [3.05, 3.63) is 39.8 Å². The lowest BCUT2D eigenvalue weighted by atomic mass is 10.1. The van der Waals surface area contributed by atoms with Gasteiger partial charge in [0.15, 0.2) is 0 Å². The van der Waals surface area contributed by atoms with Gasteiger partial charge < -0.3 is 10.6 Å². The summed E-state index contributed by atoms with van der Waals surface area (Å²) >= 11 is 1.48. The lowest BCUT2D eigenvalue weighted by molar-refractivity contribution is 0.102. The SMILES string of the molecule is Cc1nc(C(=O)Nc2ccc3c(c2)CCN3)cs1. The van der Waals surface area contributed by atoms with Crippen molar-refractivity contribution in [1.82, 2.24) is 4.98 Å². The number of nitrogens with one attached hydrogen (secondary N) is 2. The summed E-state index contributed by atoms with van der Waals surface area (Å²) in [5, 5.41) is 8.85. The van der Waals surface area contributed by atoms with Crippen LogP contribution in [0.15, 0.2) is 23.6 Å². The number of nitrogens with zero attached hydrogens (tertiary/aromatic N) is 1. The van der Waals surface area contributed by atoms with Gasteiger partial charge in [0.1, 0.15) is 5.69 Å². The Balaban J connectivity index is 1.78. The van der Waals surface area contributed by atoms with Gasteiger partial charge in [-0.05, 0) is 37.1 Å². The van der Waals surface area contributed by atoms with E-state index in [9.17, 15) is 4.79 Å². The minimum absolute atomic E-state index is 0.148. The molecule has 92 valence electrons. The molecule has 4 nitrogen and oxygen atoms in total. The van der Waals surface area contributed by atoms with Crippen LogP contribution in [0.25, 0.3) is 0 Å². The van der Waals surface area contributed by atoms with E-state index in [4.69, 9.17) is 0 Å². The van der Waals surface area contributed by atoms with Crippen LogP contribution in [-0.2, 0) is 6.42 Å². The minimum atomic E-state index is -0.148. The van der Waals surface area contributed by atoms with E-state index in [1.165, 1.54) is 16.9 Å². The van der Waals surface area contributed by atoms with E-state index in [1.54, 1.807) is 5.38 Å². The van der Waals surface area contributed by atoms with Crippen LogP contribution in [0.3, 0.4) is 0 Å². The molecule has 1 aliphatic heterocycles. The number of aromatic nitrogens is 1. The Bertz CT molecular complexity index is 606. The van der Waals surface area contributed by atoms with Gasteiger partial charge in [-0.1, -0.05) is 0 Å². The maximum atomic E-state index is 11.9. The maximum absolute atomic E-state index is 11.9. The molecule has 3 rings (SSSR count). The Morgan fingerprint density at radius 1 is 1.50 bits per heavy atom. The average Bonchev–Trinajstić information content (AvgIpc) is 2.96. The quantitative estimate of drug-likeness (QED) is 0.871. The molecule has 0 bridgehead atoms. The number of hydrogen-bond acceptors (Lipinski definition) is 4. The Labute approximate surface area is 109 Å². The van der Waals surface area contributed by atoms with Crippen molar-refractivity contribution in [2.24, 2.45) is 0 Å². The smallest absolute Gasteiger partial charge is 0.275 e. The van der Waals surface area contributed by atoms with Crippen LogP contribution in [0.1, 0.15) is 21.1 Å². The molecule has 1 aliphatic rings. The zero-order valence-electron chi connectivity index (χ0n) is 9.99. The molecule has 2 aromatic rings. The normalized spacial score (nSPS) is 12.9. The van der Waals surface area contributed by atoms with E-state index >= 15 is 0 Å². The molecular weight excluding hydrogens is 246 g/mol. The van der Waals surface area contributed by atoms with Crippen LogP contribution in [0.5, 0.6) is 0 Å². The summed E-state index contributed by atoms with van der Waals surface area (Å²) in [6.45, 7) is 2.86. The third-order valence-electron chi connectivity index (χ3n) is 2.92. The standard InChI is InChI=1S/C13H13N3OS/c1-8-15-12(7-18-8)13(17)16-10-2-3-11-9(6-10)4-5-14-11/h2-3,6-7,14H,4-5H2,1H3,(H,16,17). The molecule has 0 atom stereocenters. The Morgan fingerprint density at radius 2 is 2.39 bits per heavy atom. The first kappa shape index (κ1) is 11.2. The summed E-state index contributed by atoms with van der Waals surface area (Å²) in [5.74, 6) is -0.148. The van der Waals surface area contributed by atoms with Crippen LogP contribution in [0.4, 0.5) is 11.4 Å². The number of amides is 1. The van der Waals surface area contributed by atoms with Gasteiger partial charge in [0.2, 0.25) is 0 Å². The largest absolute Gasteiger partial charge is 0.384 e. The predicted molar refractivity (Wildman–Crippen MR) is 73.4 cm³/mol. The van der Waals surface area contributed by atoms with Crippen molar-refractivity contribution in [2.75, 3.05) is 17.2 Å². The molecule has 0 fully saturated rings.